The quantitative estimate of drug-likeness (QED) is 0.538. The second kappa shape index (κ2) is 7.11. The van der Waals surface area contributed by atoms with Crippen LogP contribution in [0.15, 0.2) is 76.9 Å². The Morgan fingerprint density at radius 2 is 2.04 bits per heavy atom. The smallest absolute Gasteiger partial charge is 0.242 e. The number of nitrogens with one attached hydrogen (secondary N) is 1. The first kappa shape index (κ1) is 15.9. The molecule has 1 aliphatic heterocycles. The molecule has 0 saturated heterocycles. The number of rotatable bonds is 4. The van der Waals surface area contributed by atoms with Crippen molar-refractivity contribution in [2.75, 3.05) is 6.61 Å². The van der Waals surface area contributed by atoms with Crippen LogP contribution in [0, 0.1) is 0 Å². The van der Waals surface area contributed by atoms with Gasteiger partial charge in [0, 0.05) is 10.0 Å². The minimum atomic E-state index is -0.0360. The number of hydrogen-bond donors (Lipinski definition) is 1. The Labute approximate surface area is 154 Å². The average molecular weight is 399 g/mol. The van der Waals surface area contributed by atoms with Crippen molar-refractivity contribution in [3.05, 3.63) is 82.9 Å². The fraction of sp³-hybridized carbons (Fsp3) is 0.158. The van der Waals surface area contributed by atoms with E-state index in [1.54, 1.807) is 0 Å². The highest BCUT2D eigenvalue weighted by Crippen LogP contribution is 2.28. The summed E-state index contributed by atoms with van der Waals surface area (Å²) in [4.78, 5) is 8.74. The molecule has 4 rings (SSSR count). The van der Waals surface area contributed by atoms with Crippen LogP contribution in [0.2, 0.25) is 0 Å². The Kier molecular flexibility index (Phi) is 4.52. The Morgan fingerprint density at radius 3 is 2.84 bits per heavy atom. The molecule has 0 fully saturated rings. The second-order valence-electron chi connectivity index (χ2n) is 5.76. The normalized spacial score (nSPS) is 17.8. The van der Waals surface area contributed by atoms with Gasteiger partial charge < -0.3 is 9.57 Å². The Morgan fingerprint density at radius 1 is 1.20 bits per heavy atom. The van der Waals surface area contributed by atoms with E-state index in [0.29, 0.717) is 13.2 Å². The number of fused-ring (bicyclic) bond motifs is 1. The zero-order valence-electron chi connectivity index (χ0n) is 13.4. The van der Waals surface area contributed by atoms with E-state index in [4.69, 9.17) is 9.57 Å². The van der Waals surface area contributed by atoms with Crippen LogP contribution in [0.4, 0.5) is 0 Å². The summed E-state index contributed by atoms with van der Waals surface area (Å²) in [6.07, 6.45) is 5.74. The lowest BCUT2D eigenvalue weighted by Gasteiger charge is -2.24. The van der Waals surface area contributed by atoms with Crippen LogP contribution in [-0.2, 0) is 11.4 Å². The van der Waals surface area contributed by atoms with Gasteiger partial charge in [-0.2, -0.15) is 0 Å². The molecular weight excluding hydrogens is 382 g/mol. The van der Waals surface area contributed by atoms with Gasteiger partial charge in [0.05, 0.1) is 0 Å². The molecular formula is C19H17BrN3O2+. The minimum absolute atomic E-state index is 0.0360. The van der Waals surface area contributed by atoms with Crippen molar-refractivity contribution in [1.29, 1.82) is 0 Å². The van der Waals surface area contributed by atoms with Crippen LogP contribution >= 0.6 is 15.9 Å². The molecule has 0 aliphatic carbocycles. The number of halogens is 1. The van der Waals surface area contributed by atoms with Gasteiger partial charge in [-0.15, -0.1) is 0 Å². The predicted molar refractivity (Wildman–Crippen MR) is 97.4 cm³/mol. The van der Waals surface area contributed by atoms with E-state index < -0.39 is 0 Å². The van der Waals surface area contributed by atoms with Gasteiger partial charge in [-0.1, -0.05) is 45.4 Å². The van der Waals surface area contributed by atoms with Gasteiger partial charge in [-0.05, 0) is 29.8 Å². The molecule has 0 spiro atoms. The summed E-state index contributed by atoms with van der Waals surface area (Å²) < 4.78 is 8.98. The molecule has 126 valence electrons. The summed E-state index contributed by atoms with van der Waals surface area (Å²) in [6.45, 7) is 0.935. The zero-order valence-corrected chi connectivity index (χ0v) is 15.0. The van der Waals surface area contributed by atoms with Gasteiger partial charge in [0.1, 0.15) is 37.1 Å². The topological polar surface area (TPSA) is 50.5 Å². The van der Waals surface area contributed by atoms with Crippen molar-refractivity contribution in [2.45, 2.75) is 12.6 Å². The molecule has 1 aromatic heterocycles. The van der Waals surface area contributed by atoms with E-state index in [1.165, 1.54) is 0 Å². The van der Waals surface area contributed by atoms with Crippen LogP contribution in [-0.4, -0.2) is 17.3 Å². The van der Waals surface area contributed by atoms with E-state index >= 15 is 0 Å². The van der Waals surface area contributed by atoms with E-state index in [0.717, 1.165) is 27.1 Å². The maximum absolute atomic E-state index is 5.89. The SMILES string of the molecule is Brc1ccc(CO/N=C2/c3ccccc3OCC2[n+]2cc[nH]c2)cc1. The fourth-order valence-electron chi connectivity index (χ4n) is 2.82. The molecule has 25 heavy (non-hydrogen) atoms. The van der Waals surface area contributed by atoms with Crippen molar-refractivity contribution in [3.63, 3.8) is 0 Å². The monoisotopic (exact) mass is 398 g/mol. The highest BCUT2D eigenvalue weighted by molar-refractivity contribution is 9.10. The van der Waals surface area contributed by atoms with E-state index in [2.05, 4.69) is 26.1 Å². The second-order valence-corrected chi connectivity index (χ2v) is 6.67. The molecule has 0 bridgehead atoms. The first-order chi connectivity index (χ1) is 12.3. The average Bonchev–Trinajstić information content (AvgIpc) is 3.18. The third kappa shape index (κ3) is 3.44. The van der Waals surface area contributed by atoms with Crippen molar-refractivity contribution in [3.8, 4) is 5.75 Å². The maximum Gasteiger partial charge on any atom is 0.242 e. The number of H-pyrrole nitrogens is 1. The molecule has 3 aromatic rings. The number of aromatic amines is 1. The molecule has 0 radical (unpaired) electrons. The summed E-state index contributed by atoms with van der Waals surface area (Å²) in [5, 5.41) is 4.47. The number of imidazole rings is 1. The van der Waals surface area contributed by atoms with Crippen molar-refractivity contribution in [2.24, 2.45) is 5.16 Å². The molecule has 0 amide bonds. The maximum atomic E-state index is 5.89. The van der Waals surface area contributed by atoms with Crippen molar-refractivity contribution < 1.29 is 14.1 Å². The highest BCUT2D eigenvalue weighted by atomic mass is 79.9. The highest BCUT2D eigenvalue weighted by Gasteiger charge is 2.32. The van der Waals surface area contributed by atoms with E-state index in [1.807, 2.05) is 71.8 Å². The molecule has 0 saturated carbocycles. The molecule has 1 N–H and O–H groups in total. The van der Waals surface area contributed by atoms with Crippen molar-refractivity contribution >= 4 is 21.6 Å². The number of benzene rings is 2. The molecule has 6 heteroatoms. The molecule has 5 nitrogen and oxygen atoms in total. The summed E-state index contributed by atoms with van der Waals surface area (Å²) in [6, 6.07) is 15.9. The van der Waals surface area contributed by atoms with Gasteiger partial charge in [0.25, 0.3) is 0 Å². The van der Waals surface area contributed by atoms with Crippen LogP contribution < -0.4 is 9.30 Å². The zero-order chi connectivity index (χ0) is 17.1. The summed E-state index contributed by atoms with van der Waals surface area (Å²) in [5.41, 5.74) is 2.89. The number of nitrogens with zero attached hydrogens (tertiary/aromatic N) is 2. The molecule has 2 heterocycles. The third-order valence-corrected chi connectivity index (χ3v) is 4.64. The van der Waals surface area contributed by atoms with Crippen LogP contribution in [0.3, 0.4) is 0 Å². The lowest BCUT2D eigenvalue weighted by Crippen LogP contribution is -2.48. The lowest BCUT2D eigenvalue weighted by atomic mass is 10.00. The first-order valence-corrected chi connectivity index (χ1v) is 8.80. The van der Waals surface area contributed by atoms with Gasteiger partial charge in [0.2, 0.25) is 6.33 Å². The number of hydrogen-bond acceptors (Lipinski definition) is 3. The number of para-hydroxylation sites is 1. The van der Waals surface area contributed by atoms with E-state index in [9.17, 15) is 0 Å². The lowest BCUT2D eigenvalue weighted by molar-refractivity contribution is -0.706. The predicted octanol–water partition coefficient (Wildman–Crippen LogP) is 3.62. The number of oxime groups is 1. The number of ether oxygens (including phenoxy) is 1. The molecule has 1 aliphatic rings. The third-order valence-electron chi connectivity index (χ3n) is 4.11. The fourth-order valence-corrected chi connectivity index (χ4v) is 3.08. The molecule has 1 unspecified atom stereocenters. The summed E-state index contributed by atoms with van der Waals surface area (Å²) in [5.74, 6) is 0.834. The van der Waals surface area contributed by atoms with Crippen LogP contribution in [0.1, 0.15) is 17.2 Å². The van der Waals surface area contributed by atoms with Crippen LogP contribution in [0.5, 0.6) is 5.75 Å². The standard InChI is InChI=1S/C19H16BrN3O2/c20-15-7-5-14(6-8-15)11-25-22-19-16-3-1-2-4-18(16)24-12-17(19)23-10-9-21-13-23/h1-10,13,17H,11-12H2/p+1/b22-19-. The van der Waals surface area contributed by atoms with Gasteiger partial charge in [-0.3, -0.25) is 4.98 Å². The first-order valence-electron chi connectivity index (χ1n) is 8.01. The Balaban J connectivity index is 1.61. The van der Waals surface area contributed by atoms with Crippen molar-refractivity contribution in [1.82, 2.24) is 4.98 Å². The van der Waals surface area contributed by atoms with Gasteiger partial charge in [-0.25, -0.2) is 4.57 Å². The summed E-state index contributed by atoms with van der Waals surface area (Å²) >= 11 is 3.44. The van der Waals surface area contributed by atoms with Gasteiger partial charge in [0.15, 0.2) is 6.04 Å². The summed E-state index contributed by atoms with van der Waals surface area (Å²) in [7, 11) is 0. The molecule has 2 aromatic carbocycles. The Bertz CT molecular complexity index is 876. The Hall–Kier alpha value is -2.60. The van der Waals surface area contributed by atoms with E-state index in [-0.39, 0.29) is 6.04 Å². The van der Waals surface area contributed by atoms with Crippen LogP contribution in [0.25, 0.3) is 0 Å². The molecule has 1 atom stereocenters. The minimum Gasteiger partial charge on any atom is -0.488 e. The van der Waals surface area contributed by atoms with Gasteiger partial charge >= 0.3 is 0 Å². The largest absolute Gasteiger partial charge is 0.488 e. The number of aromatic nitrogens is 2.